The van der Waals surface area contributed by atoms with Crippen LogP contribution in [-0.2, 0) is 6.54 Å². The van der Waals surface area contributed by atoms with Crippen molar-refractivity contribution >= 4 is 28.6 Å². The molecule has 3 heterocycles. The van der Waals surface area contributed by atoms with Crippen LogP contribution in [0.25, 0.3) is 10.6 Å². The van der Waals surface area contributed by atoms with Crippen LogP contribution in [0.1, 0.15) is 28.2 Å². The zero-order valence-corrected chi connectivity index (χ0v) is 13.4. The molecule has 1 aliphatic rings. The van der Waals surface area contributed by atoms with Gasteiger partial charge in [-0.25, -0.2) is 0 Å². The lowest BCUT2D eigenvalue weighted by Gasteiger charge is -2.20. The van der Waals surface area contributed by atoms with Gasteiger partial charge >= 0.3 is 0 Å². The van der Waals surface area contributed by atoms with Crippen LogP contribution < -0.4 is 0 Å². The van der Waals surface area contributed by atoms with Gasteiger partial charge in [0.2, 0.25) is 0 Å². The molecule has 1 saturated carbocycles. The van der Waals surface area contributed by atoms with Crippen LogP contribution in [0, 0.1) is 0 Å². The van der Waals surface area contributed by atoms with E-state index in [1.165, 1.54) is 4.88 Å². The Balaban J connectivity index is 1.56. The van der Waals surface area contributed by atoms with Crippen molar-refractivity contribution in [2.75, 3.05) is 0 Å². The van der Waals surface area contributed by atoms with Gasteiger partial charge in [0.05, 0.1) is 11.4 Å². The number of nitrogens with zero attached hydrogens (tertiary/aromatic N) is 2. The van der Waals surface area contributed by atoms with E-state index in [2.05, 4.69) is 11.2 Å². The second kappa shape index (κ2) is 5.70. The van der Waals surface area contributed by atoms with Crippen LogP contribution in [0.5, 0.6) is 0 Å². The highest BCUT2D eigenvalue weighted by Crippen LogP contribution is 2.31. The van der Waals surface area contributed by atoms with Gasteiger partial charge in [-0.3, -0.25) is 4.79 Å². The van der Waals surface area contributed by atoms with Gasteiger partial charge in [0.25, 0.3) is 5.91 Å². The van der Waals surface area contributed by atoms with Crippen molar-refractivity contribution < 1.29 is 9.32 Å². The Morgan fingerprint density at radius 2 is 2.09 bits per heavy atom. The first-order valence-electron chi connectivity index (χ1n) is 7.15. The first-order valence-corrected chi connectivity index (χ1v) is 8.91. The van der Waals surface area contributed by atoms with Gasteiger partial charge in [-0.05, 0) is 35.7 Å². The summed E-state index contributed by atoms with van der Waals surface area (Å²) < 4.78 is 5.33. The van der Waals surface area contributed by atoms with Crippen molar-refractivity contribution in [3.8, 4) is 10.6 Å². The summed E-state index contributed by atoms with van der Waals surface area (Å²) in [4.78, 5) is 16.9. The van der Waals surface area contributed by atoms with Crippen LogP contribution >= 0.6 is 22.7 Å². The van der Waals surface area contributed by atoms with Crippen molar-refractivity contribution in [3.63, 3.8) is 0 Å². The molecule has 4 rings (SSSR count). The lowest BCUT2D eigenvalue weighted by atomic mass is 10.3. The number of thiophene rings is 2. The SMILES string of the molecule is O=C(c1cc(-c2cccs2)on1)N(Cc1cccs1)C1CC1. The molecule has 0 saturated heterocycles. The summed E-state index contributed by atoms with van der Waals surface area (Å²) in [5.41, 5.74) is 0.395. The van der Waals surface area contributed by atoms with Gasteiger partial charge in [0.15, 0.2) is 11.5 Å². The maximum Gasteiger partial charge on any atom is 0.276 e. The molecule has 3 aromatic rings. The monoisotopic (exact) mass is 330 g/mol. The van der Waals surface area contributed by atoms with E-state index in [0.29, 0.717) is 24.0 Å². The predicted octanol–water partition coefficient (Wildman–Crippen LogP) is 4.27. The summed E-state index contributed by atoms with van der Waals surface area (Å²) in [5, 5.41) is 7.99. The standard InChI is InChI=1S/C16H14N2O2S2/c19-16(13-9-14(20-17-13)15-4-2-8-22-15)18(11-5-6-11)10-12-3-1-7-21-12/h1-4,7-9,11H,5-6,10H2. The molecular weight excluding hydrogens is 316 g/mol. The normalized spacial score (nSPS) is 14.2. The minimum atomic E-state index is -0.0394. The highest BCUT2D eigenvalue weighted by atomic mass is 32.1. The van der Waals surface area contributed by atoms with E-state index < -0.39 is 0 Å². The van der Waals surface area contributed by atoms with E-state index in [1.807, 2.05) is 33.9 Å². The highest BCUT2D eigenvalue weighted by Gasteiger charge is 2.34. The minimum Gasteiger partial charge on any atom is -0.355 e. The molecule has 0 aromatic carbocycles. The van der Waals surface area contributed by atoms with Gasteiger partial charge < -0.3 is 9.42 Å². The Bertz CT molecular complexity index is 758. The summed E-state index contributed by atoms with van der Waals surface area (Å²) in [5.74, 6) is 0.618. The lowest BCUT2D eigenvalue weighted by molar-refractivity contribution is 0.0721. The van der Waals surface area contributed by atoms with Crippen LogP contribution in [0.15, 0.2) is 45.6 Å². The van der Waals surface area contributed by atoms with Crippen LogP contribution in [-0.4, -0.2) is 22.0 Å². The molecule has 0 N–H and O–H groups in total. The Labute approximate surface area is 136 Å². The number of carbonyl (C=O) groups is 1. The number of hydrogen-bond acceptors (Lipinski definition) is 5. The van der Waals surface area contributed by atoms with Crippen molar-refractivity contribution in [1.82, 2.24) is 10.1 Å². The number of rotatable bonds is 5. The molecule has 0 unspecified atom stereocenters. The lowest BCUT2D eigenvalue weighted by Crippen LogP contribution is -2.32. The van der Waals surface area contributed by atoms with Crippen molar-refractivity contribution in [3.05, 3.63) is 51.7 Å². The molecule has 6 heteroatoms. The third-order valence-corrected chi connectivity index (χ3v) is 5.39. The van der Waals surface area contributed by atoms with Crippen LogP contribution in [0.3, 0.4) is 0 Å². The molecule has 0 aliphatic heterocycles. The van der Waals surface area contributed by atoms with Gasteiger partial charge in [-0.2, -0.15) is 0 Å². The van der Waals surface area contributed by atoms with Crippen molar-refractivity contribution in [2.45, 2.75) is 25.4 Å². The summed E-state index contributed by atoms with van der Waals surface area (Å²) in [7, 11) is 0. The first kappa shape index (κ1) is 13.7. The van der Waals surface area contributed by atoms with Crippen LogP contribution in [0.4, 0.5) is 0 Å². The van der Waals surface area contributed by atoms with E-state index in [4.69, 9.17) is 4.52 Å². The fourth-order valence-electron chi connectivity index (χ4n) is 2.38. The Morgan fingerprint density at radius 1 is 1.27 bits per heavy atom. The number of carbonyl (C=O) groups excluding carboxylic acids is 1. The number of aromatic nitrogens is 1. The Morgan fingerprint density at radius 3 is 2.77 bits per heavy atom. The second-order valence-corrected chi connectivity index (χ2v) is 7.28. The predicted molar refractivity (Wildman–Crippen MR) is 87.0 cm³/mol. The van der Waals surface area contributed by atoms with Gasteiger partial charge in [0, 0.05) is 17.0 Å². The molecule has 1 fully saturated rings. The third kappa shape index (κ3) is 2.71. The average molecular weight is 330 g/mol. The first-order chi connectivity index (χ1) is 10.8. The Hall–Kier alpha value is -1.92. The van der Waals surface area contributed by atoms with Gasteiger partial charge in [0.1, 0.15) is 0 Å². The van der Waals surface area contributed by atoms with Gasteiger partial charge in [-0.15, -0.1) is 22.7 Å². The summed E-state index contributed by atoms with van der Waals surface area (Å²) >= 11 is 3.25. The van der Waals surface area contributed by atoms with E-state index in [1.54, 1.807) is 28.7 Å². The Kier molecular flexibility index (Phi) is 3.56. The largest absolute Gasteiger partial charge is 0.355 e. The van der Waals surface area contributed by atoms with E-state index >= 15 is 0 Å². The fourth-order valence-corrected chi connectivity index (χ4v) is 3.76. The zero-order valence-electron chi connectivity index (χ0n) is 11.8. The minimum absolute atomic E-state index is 0.0394. The maximum atomic E-state index is 12.7. The fraction of sp³-hybridized carbons (Fsp3) is 0.250. The molecular formula is C16H14N2O2S2. The van der Waals surface area contributed by atoms with Crippen LogP contribution in [0.2, 0.25) is 0 Å². The molecule has 1 aliphatic carbocycles. The summed E-state index contributed by atoms with van der Waals surface area (Å²) in [6.45, 7) is 0.655. The maximum absolute atomic E-state index is 12.7. The number of hydrogen-bond donors (Lipinski definition) is 0. The molecule has 112 valence electrons. The third-order valence-electron chi connectivity index (χ3n) is 3.65. The molecule has 3 aromatic heterocycles. The van der Waals surface area contributed by atoms with E-state index in [0.717, 1.165) is 17.7 Å². The molecule has 0 radical (unpaired) electrons. The highest BCUT2D eigenvalue weighted by molar-refractivity contribution is 7.13. The van der Waals surface area contributed by atoms with Gasteiger partial charge in [-0.1, -0.05) is 17.3 Å². The topological polar surface area (TPSA) is 46.3 Å². The van der Waals surface area contributed by atoms with E-state index in [-0.39, 0.29) is 5.91 Å². The quantitative estimate of drug-likeness (QED) is 0.702. The van der Waals surface area contributed by atoms with E-state index in [9.17, 15) is 4.79 Å². The van der Waals surface area contributed by atoms with Crippen molar-refractivity contribution in [2.24, 2.45) is 0 Å². The molecule has 0 atom stereocenters. The summed E-state index contributed by atoms with van der Waals surface area (Å²) in [6.07, 6.45) is 2.15. The molecule has 0 spiro atoms. The van der Waals surface area contributed by atoms with Crippen molar-refractivity contribution in [1.29, 1.82) is 0 Å². The smallest absolute Gasteiger partial charge is 0.276 e. The molecule has 22 heavy (non-hydrogen) atoms. The second-order valence-electron chi connectivity index (χ2n) is 5.30. The molecule has 1 amide bonds. The number of amides is 1. The molecule has 4 nitrogen and oxygen atoms in total. The zero-order chi connectivity index (χ0) is 14.9. The summed E-state index contributed by atoms with van der Waals surface area (Å²) in [6, 6.07) is 10.1. The molecule has 0 bridgehead atoms. The average Bonchev–Trinajstić information content (AvgIpc) is 3.01.